The van der Waals surface area contributed by atoms with Gasteiger partial charge in [0.25, 0.3) is 0 Å². The largest absolute Gasteiger partial charge is 0.375 e. The van der Waals surface area contributed by atoms with Crippen LogP contribution in [0.4, 0.5) is 0 Å². The van der Waals surface area contributed by atoms with Crippen molar-refractivity contribution in [3.63, 3.8) is 0 Å². The number of nitrogens with zero attached hydrogens (tertiary/aromatic N) is 1. The molecule has 0 aromatic rings. The SMILES string of the molecule is CP1(=S)C/C(=N\NC(N)=S)C2CCCCC21. The zero-order chi connectivity index (χ0) is 11.8. The van der Waals surface area contributed by atoms with Crippen molar-refractivity contribution in [2.24, 2.45) is 16.8 Å². The average Bonchev–Trinajstić information content (AvgIpc) is 2.49. The molecular weight excluding hydrogens is 257 g/mol. The molecule has 0 bridgehead atoms. The summed E-state index contributed by atoms with van der Waals surface area (Å²) in [7, 11) is 0. The number of fused-ring (bicyclic) bond motifs is 1. The van der Waals surface area contributed by atoms with E-state index < -0.39 is 6.04 Å². The number of hydrogen-bond acceptors (Lipinski definition) is 3. The lowest BCUT2D eigenvalue weighted by molar-refractivity contribution is 0.453. The highest BCUT2D eigenvalue weighted by Crippen LogP contribution is 2.60. The Morgan fingerprint density at radius 1 is 1.50 bits per heavy atom. The first-order valence-corrected chi connectivity index (χ1v) is 9.60. The van der Waals surface area contributed by atoms with Crippen LogP contribution in [0.1, 0.15) is 25.7 Å². The minimum absolute atomic E-state index is 0.246. The van der Waals surface area contributed by atoms with Gasteiger partial charge in [-0.1, -0.05) is 24.6 Å². The summed E-state index contributed by atoms with van der Waals surface area (Å²) in [5.41, 5.74) is 10.1. The summed E-state index contributed by atoms with van der Waals surface area (Å²) in [6.45, 7) is 2.29. The van der Waals surface area contributed by atoms with Crippen LogP contribution in [0.15, 0.2) is 5.10 Å². The van der Waals surface area contributed by atoms with Gasteiger partial charge in [-0.2, -0.15) is 5.10 Å². The lowest BCUT2D eigenvalue weighted by Gasteiger charge is -2.28. The zero-order valence-electron chi connectivity index (χ0n) is 9.48. The highest BCUT2D eigenvalue weighted by atomic mass is 32.4. The summed E-state index contributed by atoms with van der Waals surface area (Å²) in [6, 6.07) is -1.21. The molecule has 1 heterocycles. The Bertz CT molecular complexity index is 380. The Morgan fingerprint density at radius 2 is 2.19 bits per heavy atom. The van der Waals surface area contributed by atoms with Crippen LogP contribution in [0.5, 0.6) is 0 Å². The summed E-state index contributed by atoms with van der Waals surface area (Å²) < 4.78 is 0. The van der Waals surface area contributed by atoms with Crippen molar-refractivity contribution >= 4 is 40.9 Å². The molecular formula is C10H18N3PS2. The van der Waals surface area contributed by atoms with E-state index in [2.05, 4.69) is 17.2 Å². The average molecular weight is 275 g/mol. The highest BCUT2D eigenvalue weighted by Gasteiger charge is 2.43. The fourth-order valence-corrected chi connectivity index (χ4v) is 7.15. The van der Waals surface area contributed by atoms with E-state index in [1.54, 1.807) is 0 Å². The molecule has 1 aliphatic carbocycles. The fourth-order valence-electron chi connectivity index (χ4n) is 2.96. The maximum atomic E-state index is 5.80. The molecule has 0 spiro atoms. The number of thiocarbonyl (C=S) groups is 1. The Morgan fingerprint density at radius 3 is 2.88 bits per heavy atom. The molecule has 1 aliphatic heterocycles. The Kier molecular flexibility index (Phi) is 3.67. The van der Waals surface area contributed by atoms with Crippen LogP contribution in [0.25, 0.3) is 0 Å². The van der Waals surface area contributed by atoms with Gasteiger partial charge in [0.15, 0.2) is 5.11 Å². The molecule has 3 atom stereocenters. The van der Waals surface area contributed by atoms with Gasteiger partial charge >= 0.3 is 0 Å². The molecule has 0 radical (unpaired) electrons. The van der Waals surface area contributed by atoms with E-state index in [4.69, 9.17) is 29.8 Å². The van der Waals surface area contributed by atoms with Crippen molar-refractivity contribution in [1.29, 1.82) is 0 Å². The molecule has 3 unspecified atom stereocenters. The molecule has 2 aliphatic rings. The summed E-state index contributed by atoms with van der Waals surface area (Å²) in [5, 5.41) is 4.61. The summed E-state index contributed by atoms with van der Waals surface area (Å²) in [5.74, 6) is 0.603. The van der Waals surface area contributed by atoms with Crippen LogP contribution in [0, 0.1) is 5.92 Å². The van der Waals surface area contributed by atoms with Crippen LogP contribution in [0.2, 0.25) is 0 Å². The zero-order valence-corrected chi connectivity index (χ0v) is 12.0. The Labute approximate surface area is 107 Å². The number of hydrazone groups is 1. The number of nitrogens with two attached hydrogens (primary N) is 1. The molecule has 6 heteroatoms. The molecule has 3 N–H and O–H groups in total. The molecule has 3 nitrogen and oxygen atoms in total. The Balaban J connectivity index is 2.19. The lowest BCUT2D eigenvalue weighted by atomic mass is 9.86. The minimum atomic E-state index is -1.21. The van der Waals surface area contributed by atoms with E-state index in [9.17, 15) is 0 Å². The molecule has 0 amide bonds. The summed E-state index contributed by atoms with van der Waals surface area (Å²) in [6.07, 6.45) is 6.19. The Hall–Kier alpha value is 0.01000. The van der Waals surface area contributed by atoms with Gasteiger partial charge in [-0.25, -0.2) is 0 Å². The molecule has 1 saturated heterocycles. The van der Waals surface area contributed by atoms with Gasteiger partial charge in [0, 0.05) is 17.8 Å². The first-order valence-electron chi connectivity index (χ1n) is 5.69. The minimum Gasteiger partial charge on any atom is -0.375 e. The van der Waals surface area contributed by atoms with Gasteiger partial charge in [0.2, 0.25) is 0 Å². The maximum Gasteiger partial charge on any atom is 0.184 e. The molecule has 0 aromatic heterocycles. The second-order valence-electron chi connectivity index (χ2n) is 4.87. The third kappa shape index (κ3) is 2.47. The third-order valence-electron chi connectivity index (χ3n) is 3.64. The predicted molar refractivity (Wildman–Crippen MR) is 78.2 cm³/mol. The monoisotopic (exact) mass is 275 g/mol. The van der Waals surface area contributed by atoms with Crippen molar-refractivity contribution in [3.8, 4) is 0 Å². The molecule has 0 aromatic carbocycles. The van der Waals surface area contributed by atoms with Crippen molar-refractivity contribution in [1.82, 2.24) is 5.43 Å². The first-order chi connectivity index (χ1) is 7.50. The topological polar surface area (TPSA) is 50.4 Å². The molecule has 2 fully saturated rings. The van der Waals surface area contributed by atoms with Crippen LogP contribution in [0.3, 0.4) is 0 Å². The van der Waals surface area contributed by atoms with E-state index in [0.717, 1.165) is 11.8 Å². The molecule has 2 rings (SSSR count). The number of rotatable bonds is 1. The van der Waals surface area contributed by atoms with Gasteiger partial charge in [-0.3, -0.25) is 5.43 Å². The van der Waals surface area contributed by atoms with E-state index in [1.165, 1.54) is 31.4 Å². The fraction of sp³-hybridized carbons (Fsp3) is 0.800. The smallest absolute Gasteiger partial charge is 0.184 e. The molecule has 16 heavy (non-hydrogen) atoms. The standard InChI is InChI=1S/C10H18N3PS2/c1-14(16)6-8(12-13-10(11)15)7-4-2-3-5-9(7)14/h7,9H,2-6H2,1H3,(H3,11,13,15)/b12-8+. The van der Waals surface area contributed by atoms with Crippen LogP contribution in [-0.4, -0.2) is 29.3 Å². The lowest BCUT2D eigenvalue weighted by Crippen LogP contribution is -2.29. The van der Waals surface area contributed by atoms with Gasteiger partial charge < -0.3 is 5.73 Å². The number of hydrogen-bond donors (Lipinski definition) is 2. The van der Waals surface area contributed by atoms with Crippen LogP contribution < -0.4 is 11.2 Å². The third-order valence-corrected chi connectivity index (χ3v) is 7.91. The summed E-state index contributed by atoms with van der Waals surface area (Å²) >= 11 is 10.6. The van der Waals surface area contributed by atoms with E-state index in [-0.39, 0.29) is 5.11 Å². The van der Waals surface area contributed by atoms with E-state index in [0.29, 0.717) is 5.92 Å². The van der Waals surface area contributed by atoms with Gasteiger partial charge in [0.05, 0.1) is 0 Å². The van der Waals surface area contributed by atoms with Gasteiger partial charge in [0.1, 0.15) is 0 Å². The second kappa shape index (κ2) is 4.71. The van der Waals surface area contributed by atoms with E-state index >= 15 is 0 Å². The van der Waals surface area contributed by atoms with Gasteiger partial charge in [-0.05, 0) is 43.4 Å². The summed E-state index contributed by atoms with van der Waals surface area (Å²) in [4.78, 5) is 0. The highest BCUT2D eigenvalue weighted by molar-refractivity contribution is 8.15. The molecule has 90 valence electrons. The normalized spacial score (nSPS) is 40.7. The predicted octanol–water partition coefficient (Wildman–Crippen LogP) is 1.86. The van der Waals surface area contributed by atoms with E-state index in [1.807, 2.05) is 0 Å². The molecule has 1 saturated carbocycles. The maximum absolute atomic E-state index is 5.80. The quantitative estimate of drug-likeness (QED) is 0.436. The number of nitrogens with one attached hydrogen (secondary N) is 1. The van der Waals surface area contributed by atoms with Crippen molar-refractivity contribution in [3.05, 3.63) is 0 Å². The van der Waals surface area contributed by atoms with Gasteiger partial charge in [-0.15, -0.1) is 0 Å². The van der Waals surface area contributed by atoms with Crippen LogP contribution in [-0.2, 0) is 11.8 Å². The van der Waals surface area contributed by atoms with Crippen molar-refractivity contribution in [2.75, 3.05) is 12.8 Å². The second-order valence-corrected chi connectivity index (χ2v) is 11.1. The van der Waals surface area contributed by atoms with Crippen LogP contribution >= 0.6 is 18.3 Å². The van der Waals surface area contributed by atoms with Crippen molar-refractivity contribution in [2.45, 2.75) is 31.3 Å². The first kappa shape index (κ1) is 12.5. The van der Waals surface area contributed by atoms with Crippen molar-refractivity contribution < 1.29 is 0 Å².